The van der Waals surface area contributed by atoms with E-state index in [9.17, 15) is 9.90 Å². The highest BCUT2D eigenvalue weighted by Crippen LogP contribution is 2.33. The monoisotopic (exact) mass is 383 g/mol. The highest BCUT2D eigenvalue weighted by molar-refractivity contribution is 7.22. The number of thiazole rings is 1. The summed E-state index contributed by atoms with van der Waals surface area (Å²) < 4.78 is 6.37. The molecule has 1 atom stereocenters. The van der Waals surface area contributed by atoms with Gasteiger partial charge in [-0.15, -0.1) is 0 Å². The van der Waals surface area contributed by atoms with Crippen LogP contribution in [0.1, 0.15) is 12.8 Å². The Morgan fingerprint density at radius 2 is 2.11 bits per heavy atom. The number of ether oxygens (including phenoxy) is 1. The molecule has 0 saturated carbocycles. The first-order chi connectivity index (χ1) is 13.1. The number of phenolic OH excluding ortho intramolecular Hbond substituents is 1. The number of methoxy groups -OCH3 is 1. The van der Waals surface area contributed by atoms with Crippen LogP contribution in [0, 0.1) is 5.92 Å². The highest BCUT2D eigenvalue weighted by atomic mass is 32.1. The van der Waals surface area contributed by atoms with Crippen molar-refractivity contribution in [2.45, 2.75) is 12.8 Å². The SMILES string of the molecule is COc1ccc2nc(N3CCCC(C(=O)Nc4ccc(O)cc4)C3)sc2c1. The molecule has 2 heterocycles. The molecule has 0 bridgehead atoms. The summed E-state index contributed by atoms with van der Waals surface area (Å²) in [6.07, 6.45) is 1.81. The van der Waals surface area contributed by atoms with Gasteiger partial charge in [0.25, 0.3) is 0 Å². The van der Waals surface area contributed by atoms with E-state index in [1.54, 1.807) is 42.7 Å². The van der Waals surface area contributed by atoms with E-state index in [2.05, 4.69) is 10.2 Å². The number of anilines is 2. The Hall–Kier alpha value is -2.80. The van der Waals surface area contributed by atoms with Crippen molar-refractivity contribution in [3.63, 3.8) is 0 Å². The van der Waals surface area contributed by atoms with E-state index in [-0.39, 0.29) is 17.6 Å². The van der Waals surface area contributed by atoms with Crippen LogP contribution in [0.4, 0.5) is 10.8 Å². The van der Waals surface area contributed by atoms with Gasteiger partial charge >= 0.3 is 0 Å². The molecule has 27 heavy (non-hydrogen) atoms. The molecule has 6 nitrogen and oxygen atoms in total. The number of carbonyl (C=O) groups excluding carboxylic acids is 1. The lowest BCUT2D eigenvalue weighted by Gasteiger charge is -2.31. The molecule has 2 N–H and O–H groups in total. The molecule has 1 aliphatic heterocycles. The number of aromatic hydroxyl groups is 1. The predicted molar refractivity (Wildman–Crippen MR) is 108 cm³/mol. The number of nitrogens with zero attached hydrogens (tertiary/aromatic N) is 2. The van der Waals surface area contributed by atoms with E-state index < -0.39 is 0 Å². The number of nitrogens with one attached hydrogen (secondary N) is 1. The van der Waals surface area contributed by atoms with Gasteiger partial charge in [-0.2, -0.15) is 0 Å². The minimum Gasteiger partial charge on any atom is -0.508 e. The third kappa shape index (κ3) is 3.83. The molecule has 4 rings (SSSR count). The van der Waals surface area contributed by atoms with Crippen molar-refractivity contribution in [1.29, 1.82) is 0 Å². The first-order valence-corrected chi connectivity index (χ1v) is 9.73. The summed E-state index contributed by atoms with van der Waals surface area (Å²) in [5, 5.41) is 13.2. The number of rotatable bonds is 4. The van der Waals surface area contributed by atoms with Crippen molar-refractivity contribution in [1.82, 2.24) is 4.98 Å². The standard InChI is InChI=1S/C20H21N3O3S/c1-26-16-8-9-17-18(11-16)27-20(22-17)23-10-2-3-13(12-23)19(25)21-14-4-6-15(24)7-5-14/h4-9,11,13,24H,2-3,10,12H2,1H3,(H,21,25). The van der Waals surface area contributed by atoms with E-state index >= 15 is 0 Å². The normalized spacial score (nSPS) is 17.1. The van der Waals surface area contributed by atoms with E-state index in [1.807, 2.05) is 18.2 Å². The fraction of sp³-hybridized carbons (Fsp3) is 0.300. The summed E-state index contributed by atoms with van der Waals surface area (Å²) in [4.78, 5) is 19.6. The molecule has 1 unspecified atom stereocenters. The quantitative estimate of drug-likeness (QED) is 0.669. The van der Waals surface area contributed by atoms with Gasteiger partial charge in [0.1, 0.15) is 11.5 Å². The minimum absolute atomic E-state index is 0.00756. The Morgan fingerprint density at radius 1 is 1.30 bits per heavy atom. The maximum atomic E-state index is 12.7. The van der Waals surface area contributed by atoms with Crippen molar-refractivity contribution < 1.29 is 14.6 Å². The molecule has 1 fully saturated rings. The molecular weight excluding hydrogens is 362 g/mol. The Labute approximate surface area is 161 Å². The van der Waals surface area contributed by atoms with Crippen LogP contribution in [0.5, 0.6) is 11.5 Å². The first kappa shape index (κ1) is 17.6. The highest BCUT2D eigenvalue weighted by Gasteiger charge is 2.27. The lowest BCUT2D eigenvalue weighted by Crippen LogP contribution is -2.40. The fourth-order valence-electron chi connectivity index (χ4n) is 3.31. The van der Waals surface area contributed by atoms with Crippen LogP contribution in [-0.2, 0) is 4.79 Å². The molecule has 2 aromatic carbocycles. The number of carbonyl (C=O) groups is 1. The van der Waals surface area contributed by atoms with Gasteiger partial charge in [0, 0.05) is 18.8 Å². The van der Waals surface area contributed by atoms with Crippen LogP contribution >= 0.6 is 11.3 Å². The van der Waals surface area contributed by atoms with Gasteiger partial charge in [0.15, 0.2) is 5.13 Å². The molecule has 1 aromatic heterocycles. The van der Waals surface area contributed by atoms with E-state index in [0.717, 1.165) is 40.5 Å². The Bertz CT molecular complexity index is 955. The summed E-state index contributed by atoms with van der Waals surface area (Å²) in [5.74, 6) is 0.925. The molecular formula is C20H21N3O3S. The molecule has 7 heteroatoms. The van der Waals surface area contributed by atoms with Gasteiger partial charge in [-0.1, -0.05) is 11.3 Å². The van der Waals surface area contributed by atoms with Crippen LogP contribution in [0.3, 0.4) is 0 Å². The van der Waals surface area contributed by atoms with Crippen LogP contribution in [0.2, 0.25) is 0 Å². The van der Waals surface area contributed by atoms with Crippen LogP contribution in [-0.4, -0.2) is 36.2 Å². The van der Waals surface area contributed by atoms with Gasteiger partial charge in [-0.25, -0.2) is 4.98 Å². The summed E-state index contributed by atoms with van der Waals surface area (Å²) in [6.45, 7) is 1.56. The molecule has 1 amide bonds. The smallest absolute Gasteiger partial charge is 0.229 e. The molecule has 0 aliphatic carbocycles. The van der Waals surface area contributed by atoms with Crippen LogP contribution in [0.25, 0.3) is 10.2 Å². The number of hydrogen-bond acceptors (Lipinski definition) is 6. The van der Waals surface area contributed by atoms with Gasteiger partial charge in [0.05, 0.1) is 23.2 Å². The Kier molecular flexibility index (Phi) is 4.85. The first-order valence-electron chi connectivity index (χ1n) is 8.92. The second-order valence-electron chi connectivity index (χ2n) is 6.65. The van der Waals surface area contributed by atoms with Crippen LogP contribution < -0.4 is 15.0 Å². The van der Waals surface area contributed by atoms with Crippen molar-refractivity contribution in [2.75, 3.05) is 30.4 Å². The van der Waals surface area contributed by atoms with Gasteiger partial charge in [-0.3, -0.25) is 4.79 Å². The molecule has 140 valence electrons. The van der Waals surface area contributed by atoms with Gasteiger partial charge < -0.3 is 20.1 Å². The average molecular weight is 383 g/mol. The third-order valence-corrected chi connectivity index (χ3v) is 5.86. The zero-order valence-electron chi connectivity index (χ0n) is 15.0. The second-order valence-corrected chi connectivity index (χ2v) is 7.66. The molecule has 0 radical (unpaired) electrons. The minimum atomic E-state index is -0.0888. The van der Waals surface area contributed by atoms with Crippen LogP contribution in [0.15, 0.2) is 42.5 Å². The fourth-order valence-corrected chi connectivity index (χ4v) is 4.34. The van der Waals surface area contributed by atoms with Crippen molar-refractivity contribution in [3.05, 3.63) is 42.5 Å². The zero-order valence-corrected chi connectivity index (χ0v) is 15.8. The molecule has 1 aliphatic rings. The largest absolute Gasteiger partial charge is 0.508 e. The van der Waals surface area contributed by atoms with Gasteiger partial charge in [-0.05, 0) is 55.3 Å². The summed E-state index contributed by atoms with van der Waals surface area (Å²) in [5.41, 5.74) is 1.65. The van der Waals surface area contributed by atoms with Gasteiger partial charge in [0.2, 0.25) is 5.91 Å². The molecule has 0 spiro atoms. The number of hydrogen-bond donors (Lipinski definition) is 2. The van der Waals surface area contributed by atoms with E-state index in [4.69, 9.17) is 9.72 Å². The van der Waals surface area contributed by atoms with E-state index in [1.165, 1.54) is 0 Å². The maximum absolute atomic E-state index is 12.7. The zero-order chi connectivity index (χ0) is 18.8. The van der Waals surface area contributed by atoms with Crippen molar-refractivity contribution >= 4 is 38.3 Å². The average Bonchev–Trinajstić information content (AvgIpc) is 3.13. The number of phenols is 1. The maximum Gasteiger partial charge on any atom is 0.229 e. The van der Waals surface area contributed by atoms with Crippen molar-refractivity contribution in [3.8, 4) is 11.5 Å². The number of aromatic nitrogens is 1. The van der Waals surface area contributed by atoms with E-state index in [0.29, 0.717) is 12.2 Å². The lowest BCUT2D eigenvalue weighted by atomic mass is 9.97. The number of fused-ring (bicyclic) bond motifs is 1. The number of amides is 1. The summed E-state index contributed by atoms with van der Waals surface area (Å²) >= 11 is 1.63. The summed E-state index contributed by atoms with van der Waals surface area (Å²) in [6, 6.07) is 12.4. The number of benzene rings is 2. The second kappa shape index (κ2) is 7.44. The Morgan fingerprint density at radius 3 is 2.89 bits per heavy atom. The number of piperidine rings is 1. The molecule has 3 aromatic rings. The topological polar surface area (TPSA) is 74.7 Å². The summed E-state index contributed by atoms with van der Waals surface area (Å²) in [7, 11) is 1.66. The predicted octanol–water partition coefficient (Wildman–Crippen LogP) is 3.87. The third-order valence-electron chi connectivity index (χ3n) is 4.78. The Balaban J connectivity index is 1.47. The lowest BCUT2D eigenvalue weighted by molar-refractivity contribution is -0.120. The van der Waals surface area contributed by atoms with Crippen molar-refractivity contribution in [2.24, 2.45) is 5.92 Å². The molecule has 1 saturated heterocycles.